The van der Waals surface area contributed by atoms with Gasteiger partial charge in [-0.3, -0.25) is 9.78 Å². The van der Waals surface area contributed by atoms with E-state index in [9.17, 15) is 9.90 Å². The summed E-state index contributed by atoms with van der Waals surface area (Å²) in [5.41, 5.74) is 1.55. The van der Waals surface area contributed by atoms with Gasteiger partial charge in [-0.15, -0.1) is 0 Å². The summed E-state index contributed by atoms with van der Waals surface area (Å²) < 4.78 is 10.7. The third kappa shape index (κ3) is 4.22. The first-order valence-electron chi connectivity index (χ1n) is 9.27. The fourth-order valence-corrected chi connectivity index (χ4v) is 3.53. The molecular formula is C22H23ClN2O4. The van der Waals surface area contributed by atoms with E-state index >= 15 is 0 Å². The van der Waals surface area contributed by atoms with Crippen molar-refractivity contribution in [2.45, 2.75) is 25.8 Å². The molecule has 29 heavy (non-hydrogen) atoms. The lowest BCUT2D eigenvalue weighted by Crippen LogP contribution is -2.29. The maximum absolute atomic E-state index is 12.4. The Hall–Kier alpha value is -2.99. The molecule has 3 aromatic rings. The van der Waals surface area contributed by atoms with E-state index in [4.69, 9.17) is 21.1 Å². The predicted octanol–water partition coefficient (Wildman–Crippen LogP) is 4.62. The van der Waals surface area contributed by atoms with Crippen LogP contribution in [0.25, 0.3) is 10.9 Å². The molecule has 0 spiro atoms. The van der Waals surface area contributed by atoms with Crippen LogP contribution in [0.5, 0.6) is 17.2 Å². The highest BCUT2D eigenvalue weighted by molar-refractivity contribution is 6.35. The van der Waals surface area contributed by atoms with Crippen molar-refractivity contribution in [1.29, 1.82) is 0 Å². The van der Waals surface area contributed by atoms with E-state index in [0.717, 1.165) is 0 Å². The molecule has 1 aromatic heterocycles. The highest BCUT2D eigenvalue weighted by Crippen LogP contribution is 2.40. The minimum atomic E-state index is -0.641. The Kier molecular flexibility index (Phi) is 6.44. The topological polar surface area (TPSA) is 80.7 Å². The summed E-state index contributed by atoms with van der Waals surface area (Å²) >= 11 is 6.46. The molecule has 7 heteroatoms. The smallest absolute Gasteiger partial charge is 0.220 e. The molecule has 0 bridgehead atoms. The van der Waals surface area contributed by atoms with Gasteiger partial charge in [-0.1, -0.05) is 24.6 Å². The minimum absolute atomic E-state index is 0.0263. The Morgan fingerprint density at radius 3 is 2.66 bits per heavy atom. The van der Waals surface area contributed by atoms with Gasteiger partial charge in [0.1, 0.15) is 11.3 Å². The number of methoxy groups -OCH3 is 2. The number of nitrogens with zero attached hydrogens (tertiary/aromatic N) is 1. The number of fused-ring (bicyclic) bond motifs is 1. The van der Waals surface area contributed by atoms with Crippen molar-refractivity contribution in [2.75, 3.05) is 14.2 Å². The van der Waals surface area contributed by atoms with Crippen molar-refractivity contribution in [3.05, 3.63) is 58.7 Å². The molecule has 2 aromatic carbocycles. The third-order valence-electron chi connectivity index (χ3n) is 4.68. The second-order valence-electron chi connectivity index (χ2n) is 6.56. The second kappa shape index (κ2) is 9.01. The quantitative estimate of drug-likeness (QED) is 0.589. The number of carbonyl (C=O) groups excluding carboxylic acids is 1. The van der Waals surface area contributed by atoms with Crippen LogP contribution in [0, 0.1) is 0 Å². The molecule has 0 saturated carbocycles. The Morgan fingerprint density at radius 1 is 1.21 bits per heavy atom. The van der Waals surface area contributed by atoms with E-state index in [-0.39, 0.29) is 11.7 Å². The lowest BCUT2D eigenvalue weighted by Gasteiger charge is -2.23. The molecule has 2 N–H and O–H groups in total. The molecule has 3 rings (SSSR count). The first-order chi connectivity index (χ1) is 14.0. The van der Waals surface area contributed by atoms with E-state index in [1.54, 1.807) is 50.7 Å². The summed E-state index contributed by atoms with van der Waals surface area (Å²) in [5.74, 6) is 0.923. The van der Waals surface area contributed by atoms with Crippen LogP contribution in [0.4, 0.5) is 0 Å². The lowest BCUT2D eigenvalue weighted by molar-refractivity contribution is -0.121. The molecule has 0 saturated heterocycles. The largest absolute Gasteiger partial charge is 0.505 e. The zero-order chi connectivity index (χ0) is 21.0. The number of aromatic hydroxyl groups is 1. The first kappa shape index (κ1) is 20.7. The summed E-state index contributed by atoms with van der Waals surface area (Å²) in [5, 5.41) is 15.0. The highest BCUT2D eigenvalue weighted by atomic mass is 35.5. The number of hydrogen-bond acceptors (Lipinski definition) is 5. The SMILES string of the molecule is CCCC(=O)N[C@H](c1ccc(OC)c(OC)c1)c1cc(Cl)c2cccnc2c1O. The second-order valence-corrected chi connectivity index (χ2v) is 6.97. The summed E-state index contributed by atoms with van der Waals surface area (Å²) in [4.78, 5) is 16.7. The Balaban J connectivity index is 2.18. The average Bonchev–Trinajstić information content (AvgIpc) is 2.74. The molecule has 6 nitrogen and oxygen atoms in total. The minimum Gasteiger partial charge on any atom is -0.505 e. The standard InChI is InChI=1S/C22H23ClN2O4/c1-4-6-19(26)25-20(13-8-9-17(28-2)18(11-13)29-3)15-12-16(23)14-7-5-10-24-21(14)22(15)27/h5,7-12,20,27H,4,6H2,1-3H3,(H,25,26)/t20-/m1/s1. The molecular weight excluding hydrogens is 392 g/mol. The lowest BCUT2D eigenvalue weighted by atomic mass is 9.95. The number of phenolic OH excluding ortho intramolecular Hbond substituents is 1. The van der Waals surface area contributed by atoms with Crippen molar-refractivity contribution in [1.82, 2.24) is 10.3 Å². The molecule has 0 unspecified atom stereocenters. The maximum Gasteiger partial charge on any atom is 0.220 e. The van der Waals surface area contributed by atoms with Crippen LogP contribution >= 0.6 is 11.6 Å². The molecule has 152 valence electrons. The molecule has 0 aliphatic rings. The molecule has 1 atom stereocenters. The number of hydrogen-bond donors (Lipinski definition) is 2. The zero-order valence-electron chi connectivity index (χ0n) is 16.5. The van der Waals surface area contributed by atoms with Gasteiger partial charge < -0.3 is 19.9 Å². The van der Waals surface area contributed by atoms with Gasteiger partial charge in [0, 0.05) is 23.6 Å². The van der Waals surface area contributed by atoms with Gasteiger partial charge in [-0.25, -0.2) is 0 Å². The van der Waals surface area contributed by atoms with Gasteiger partial charge in [0.25, 0.3) is 0 Å². The number of aromatic nitrogens is 1. The van der Waals surface area contributed by atoms with Crippen LogP contribution < -0.4 is 14.8 Å². The van der Waals surface area contributed by atoms with Gasteiger partial charge in [0.05, 0.1) is 25.3 Å². The summed E-state index contributed by atoms with van der Waals surface area (Å²) in [7, 11) is 3.10. The molecule has 0 aliphatic carbocycles. The number of carbonyl (C=O) groups is 1. The van der Waals surface area contributed by atoms with E-state index in [2.05, 4.69) is 10.3 Å². The summed E-state index contributed by atoms with van der Waals surface area (Å²) in [6.07, 6.45) is 2.66. The first-order valence-corrected chi connectivity index (χ1v) is 9.65. The fourth-order valence-electron chi connectivity index (χ4n) is 3.26. The maximum atomic E-state index is 12.4. The van der Waals surface area contributed by atoms with Gasteiger partial charge >= 0.3 is 0 Å². The normalized spacial score (nSPS) is 11.9. The number of amides is 1. The third-order valence-corrected chi connectivity index (χ3v) is 4.99. The van der Waals surface area contributed by atoms with E-state index in [1.165, 1.54) is 0 Å². The van der Waals surface area contributed by atoms with Crippen molar-refractivity contribution in [3.63, 3.8) is 0 Å². The highest BCUT2D eigenvalue weighted by Gasteiger charge is 2.24. The number of nitrogens with one attached hydrogen (secondary N) is 1. The van der Waals surface area contributed by atoms with Crippen LogP contribution in [0.15, 0.2) is 42.6 Å². The van der Waals surface area contributed by atoms with Gasteiger partial charge in [0.15, 0.2) is 11.5 Å². The Labute approximate surface area is 174 Å². The van der Waals surface area contributed by atoms with Gasteiger partial charge in [0.2, 0.25) is 5.91 Å². The van der Waals surface area contributed by atoms with Crippen LogP contribution in [0.3, 0.4) is 0 Å². The monoisotopic (exact) mass is 414 g/mol. The van der Waals surface area contributed by atoms with Gasteiger partial charge in [-0.2, -0.15) is 0 Å². The van der Waals surface area contributed by atoms with E-state index in [0.29, 0.717) is 51.4 Å². The molecule has 0 fully saturated rings. The van der Waals surface area contributed by atoms with Crippen LogP contribution in [0.1, 0.15) is 36.9 Å². The summed E-state index contributed by atoms with van der Waals surface area (Å²) in [6, 6.07) is 9.90. The number of pyridine rings is 1. The molecule has 1 heterocycles. The van der Waals surface area contributed by atoms with Crippen LogP contribution in [0.2, 0.25) is 5.02 Å². The van der Waals surface area contributed by atoms with Crippen molar-refractivity contribution < 1.29 is 19.4 Å². The fraction of sp³-hybridized carbons (Fsp3) is 0.273. The average molecular weight is 415 g/mol. The Morgan fingerprint density at radius 2 is 1.97 bits per heavy atom. The zero-order valence-corrected chi connectivity index (χ0v) is 17.3. The van der Waals surface area contributed by atoms with Crippen molar-refractivity contribution in [3.8, 4) is 17.2 Å². The predicted molar refractivity (Wildman–Crippen MR) is 113 cm³/mol. The number of ether oxygens (including phenoxy) is 2. The van der Waals surface area contributed by atoms with E-state index < -0.39 is 6.04 Å². The summed E-state index contributed by atoms with van der Waals surface area (Å²) in [6.45, 7) is 1.93. The Bertz CT molecular complexity index is 1040. The number of rotatable bonds is 7. The van der Waals surface area contributed by atoms with E-state index in [1.807, 2.05) is 13.0 Å². The van der Waals surface area contributed by atoms with Crippen LogP contribution in [-0.2, 0) is 4.79 Å². The van der Waals surface area contributed by atoms with Crippen LogP contribution in [-0.4, -0.2) is 30.2 Å². The molecule has 1 amide bonds. The van der Waals surface area contributed by atoms with Crippen molar-refractivity contribution >= 4 is 28.4 Å². The number of halogens is 1. The number of benzene rings is 2. The number of phenols is 1. The van der Waals surface area contributed by atoms with Crippen molar-refractivity contribution in [2.24, 2.45) is 0 Å². The molecule has 0 aliphatic heterocycles. The molecule has 0 radical (unpaired) electrons. The van der Waals surface area contributed by atoms with Gasteiger partial charge in [-0.05, 0) is 42.3 Å².